The van der Waals surface area contributed by atoms with Gasteiger partial charge in [0, 0.05) is 31.5 Å². The van der Waals surface area contributed by atoms with Gasteiger partial charge < -0.3 is 9.84 Å². The van der Waals surface area contributed by atoms with Gasteiger partial charge in [0.05, 0.1) is 0 Å². The van der Waals surface area contributed by atoms with Gasteiger partial charge in [0.1, 0.15) is 18.5 Å². The Morgan fingerprint density at radius 3 is 2.60 bits per heavy atom. The molecule has 1 saturated carbocycles. The first kappa shape index (κ1) is 21.0. The van der Waals surface area contributed by atoms with E-state index in [1.807, 2.05) is 36.4 Å². The van der Waals surface area contributed by atoms with Gasteiger partial charge in [-0.15, -0.1) is 0 Å². The molecule has 1 aliphatic carbocycles. The summed E-state index contributed by atoms with van der Waals surface area (Å²) >= 11 is 0. The van der Waals surface area contributed by atoms with Gasteiger partial charge in [-0.2, -0.15) is 0 Å². The van der Waals surface area contributed by atoms with E-state index in [4.69, 9.17) is 4.74 Å². The molecule has 1 heterocycles. The van der Waals surface area contributed by atoms with Crippen LogP contribution in [0.1, 0.15) is 42.7 Å². The lowest BCUT2D eigenvalue weighted by atomic mass is 9.80. The number of aliphatic hydroxyl groups excluding tert-OH is 1. The summed E-state index contributed by atoms with van der Waals surface area (Å²) in [6, 6.07) is 16.0. The number of likely N-dealkylation sites (tertiary alicyclic amines) is 1. The average molecular weight is 412 g/mol. The summed E-state index contributed by atoms with van der Waals surface area (Å²) in [6.45, 7) is 1.54. The van der Waals surface area contributed by atoms with Gasteiger partial charge in [0.2, 0.25) is 0 Å². The van der Waals surface area contributed by atoms with Gasteiger partial charge in [-0.05, 0) is 35.6 Å². The van der Waals surface area contributed by atoms with E-state index in [9.17, 15) is 14.3 Å². The molecule has 1 N–H and O–H groups in total. The van der Waals surface area contributed by atoms with Crippen molar-refractivity contribution in [1.29, 1.82) is 0 Å². The zero-order valence-electron chi connectivity index (χ0n) is 17.3. The van der Waals surface area contributed by atoms with Crippen LogP contribution in [0.2, 0.25) is 0 Å². The number of halogens is 1. The van der Waals surface area contributed by atoms with E-state index in [1.54, 1.807) is 12.1 Å². The Hall–Kier alpha value is -2.24. The summed E-state index contributed by atoms with van der Waals surface area (Å²) in [7, 11) is 0. The lowest BCUT2D eigenvalue weighted by molar-refractivity contribution is -0.152. The molecule has 160 valence electrons. The fourth-order valence-electron chi connectivity index (χ4n) is 4.72. The molecule has 2 aromatic carbocycles. The molecular formula is C25H30FNO3. The molecule has 5 heteroatoms. The van der Waals surface area contributed by atoms with E-state index in [1.165, 1.54) is 12.5 Å². The molecule has 1 saturated heterocycles. The highest BCUT2D eigenvalue weighted by Crippen LogP contribution is 2.37. The Balaban J connectivity index is 1.47. The number of ether oxygens (including phenoxy) is 1. The molecule has 3 atom stereocenters. The first-order valence-corrected chi connectivity index (χ1v) is 10.9. The number of hydrogen-bond donors (Lipinski definition) is 1. The van der Waals surface area contributed by atoms with E-state index in [0.29, 0.717) is 19.0 Å². The molecule has 2 fully saturated rings. The molecule has 4 rings (SSSR count). The van der Waals surface area contributed by atoms with Crippen molar-refractivity contribution in [3.05, 3.63) is 71.5 Å². The van der Waals surface area contributed by atoms with Crippen LogP contribution in [0.25, 0.3) is 0 Å². The Bertz CT molecular complexity index is 839. The zero-order chi connectivity index (χ0) is 20.9. The summed E-state index contributed by atoms with van der Waals surface area (Å²) in [4.78, 5) is 15.2. The van der Waals surface area contributed by atoms with E-state index in [-0.39, 0.29) is 42.9 Å². The number of carbonyl (C=O) groups excluding carboxylic acids is 1. The van der Waals surface area contributed by atoms with Gasteiger partial charge in [-0.1, -0.05) is 61.7 Å². The average Bonchev–Trinajstić information content (AvgIpc) is 3.16. The first-order valence-electron chi connectivity index (χ1n) is 10.9. The van der Waals surface area contributed by atoms with Gasteiger partial charge in [0.15, 0.2) is 0 Å². The van der Waals surface area contributed by atoms with E-state index < -0.39 is 0 Å². The molecule has 2 aromatic rings. The molecule has 1 aliphatic heterocycles. The maximum atomic E-state index is 13.8. The van der Waals surface area contributed by atoms with Crippen molar-refractivity contribution < 1.29 is 19.0 Å². The highest BCUT2D eigenvalue weighted by molar-refractivity contribution is 5.76. The third-order valence-electron chi connectivity index (χ3n) is 6.70. The Labute approximate surface area is 177 Å². The number of esters is 1. The monoisotopic (exact) mass is 411 g/mol. The summed E-state index contributed by atoms with van der Waals surface area (Å²) in [6.07, 6.45) is 4.34. The van der Waals surface area contributed by atoms with Crippen LogP contribution in [-0.2, 0) is 16.1 Å². The van der Waals surface area contributed by atoms with Gasteiger partial charge in [-0.3, -0.25) is 9.69 Å². The van der Waals surface area contributed by atoms with Gasteiger partial charge in [-0.25, -0.2) is 4.39 Å². The molecule has 4 nitrogen and oxygen atoms in total. The second-order valence-electron chi connectivity index (χ2n) is 8.70. The van der Waals surface area contributed by atoms with E-state index >= 15 is 0 Å². The van der Waals surface area contributed by atoms with Crippen molar-refractivity contribution in [2.45, 2.75) is 44.2 Å². The molecule has 0 amide bonds. The molecule has 0 aromatic heterocycles. The van der Waals surface area contributed by atoms with Crippen LogP contribution in [0.3, 0.4) is 0 Å². The van der Waals surface area contributed by atoms with Crippen molar-refractivity contribution in [2.75, 3.05) is 19.7 Å². The Morgan fingerprint density at radius 1 is 1.13 bits per heavy atom. The Morgan fingerprint density at radius 2 is 1.93 bits per heavy atom. The van der Waals surface area contributed by atoms with Crippen LogP contribution in [0.5, 0.6) is 0 Å². The number of rotatable bonds is 8. The SMILES string of the molecule is O=C(OCc1ccccc1)C(CC1CCC1)N1CC(CO)C(c2cccc(F)c2)C1. The number of hydrogen-bond acceptors (Lipinski definition) is 4. The van der Waals surface area contributed by atoms with Crippen LogP contribution in [-0.4, -0.2) is 41.7 Å². The first-order chi connectivity index (χ1) is 14.6. The minimum absolute atomic E-state index is 0.0107. The van der Waals surface area contributed by atoms with E-state index in [2.05, 4.69) is 4.90 Å². The van der Waals surface area contributed by atoms with Crippen LogP contribution in [0, 0.1) is 17.7 Å². The number of carbonyl (C=O) groups is 1. The third-order valence-corrected chi connectivity index (χ3v) is 6.70. The normalized spacial score (nSPS) is 23.1. The quantitative estimate of drug-likeness (QED) is 0.664. The smallest absolute Gasteiger partial charge is 0.323 e. The number of nitrogens with zero attached hydrogens (tertiary/aromatic N) is 1. The van der Waals surface area contributed by atoms with Crippen molar-refractivity contribution in [1.82, 2.24) is 4.90 Å². The van der Waals surface area contributed by atoms with Crippen LogP contribution in [0.4, 0.5) is 4.39 Å². The Kier molecular flexibility index (Phi) is 6.80. The van der Waals surface area contributed by atoms with Crippen LogP contribution < -0.4 is 0 Å². The molecule has 0 radical (unpaired) electrons. The topological polar surface area (TPSA) is 49.8 Å². The highest BCUT2D eigenvalue weighted by atomic mass is 19.1. The van der Waals surface area contributed by atoms with E-state index in [0.717, 1.165) is 30.4 Å². The molecule has 0 bridgehead atoms. The minimum atomic E-state index is -0.313. The molecule has 0 spiro atoms. The summed E-state index contributed by atoms with van der Waals surface area (Å²) < 4.78 is 19.5. The summed E-state index contributed by atoms with van der Waals surface area (Å²) in [5.41, 5.74) is 1.86. The second-order valence-corrected chi connectivity index (χ2v) is 8.70. The molecular weight excluding hydrogens is 381 g/mol. The number of benzene rings is 2. The molecule has 30 heavy (non-hydrogen) atoms. The second kappa shape index (κ2) is 9.71. The maximum absolute atomic E-state index is 13.8. The molecule has 3 unspecified atom stereocenters. The zero-order valence-corrected chi connectivity index (χ0v) is 17.3. The standard InChI is InChI=1S/C25H30FNO3/c26-22-11-5-10-20(13-22)23-15-27(14-21(23)16-28)24(12-18-8-4-9-18)25(29)30-17-19-6-2-1-3-7-19/h1-3,5-7,10-11,13,18,21,23-24,28H,4,8-9,12,14-17H2. The minimum Gasteiger partial charge on any atom is -0.460 e. The fourth-order valence-corrected chi connectivity index (χ4v) is 4.72. The predicted molar refractivity (Wildman–Crippen MR) is 113 cm³/mol. The lowest BCUT2D eigenvalue weighted by Gasteiger charge is -2.33. The lowest BCUT2D eigenvalue weighted by Crippen LogP contribution is -2.43. The third kappa shape index (κ3) is 4.90. The predicted octanol–water partition coefficient (Wildman–Crippen LogP) is 4.14. The van der Waals surface area contributed by atoms with Crippen molar-refractivity contribution in [2.24, 2.45) is 11.8 Å². The van der Waals surface area contributed by atoms with Crippen LogP contribution >= 0.6 is 0 Å². The van der Waals surface area contributed by atoms with Gasteiger partial charge in [0.25, 0.3) is 0 Å². The molecule has 2 aliphatic rings. The fraction of sp³-hybridized carbons (Fsp3) is 0.480. The van der Waals surface area contributed by atoms with Crippen molar-refractivity contribution in [3.8, 4) is 0 Å². The largest absolute Gasteiger partial charge is 0.460 e. The van der Waals surface area contributed by atoms with Crippen molar-refractivity contribution >= 4 is 5.97 Å². The number of aliphatic hydroxyl groups is 1. The maximum Gasteiger partial charge on any atom is 0.323 e. The van der Waals surface area contributed by atoms with Crippen molar-refractivity contribution in [3.63, 3.8) is 0 Å². The summed E-state index contributed by atoms with van der Waals surface area (Å²) in [5.74, 6) is 0.0902. The van der Waals surface area contributed by atoms with Gasteiger partial charge >= 0.3 is 5.97 Å². The van der Waals surface area contributed by atoms with Crippen LogP contribution in [0.15, 0.2) is 54.6 Å². The highest BCUT2D eigenvalue weighted by Gasteiger charge is 2.41. The summed E-state index contributed by atoms with van der Waals surface area (Å²) in [5, 5.41) is 9.96.